The maximum Gasteiger partial charge on any atom is 0.182 e. The molecular weight excluding hydrogens is 282 g/mol. The van der Waals surface area contributed by atoms with Crippen molar-refractivity contribution >= 4 is 11.0 Å². The Morgan fingerprint density at radius 2 is 2.09 bits per heavy atom. The molecule has 0 radical (unpaired) electrons. The second kappa shape index (κ2) is 4.48. The van der Waals surface area contributed by atoms with Gasteiger partial charge in [-0.25, -0.2) is 9.61 Å². The third-order valence-corrected chi connectivity index (χ3v) is 3.79. The van der Waals surface area contributed by atoms with Crippen molar-refractivity contribution < 1.29 is 4.63 Å². The fourth-order valence-electron chi connectivity index (χ4n) is 2.54. The van der Waals surface area contributed by atoms with Gasteiger partial charge in [0.2, 0.25) is 0 Å². The molecule has 4 aromatic rings. The molecule has 0 saturated carbocycles. The Hall–Kier alpha value is -3.03. The first-order valence-corrected chi connectivity index (χ1v) is 6.78. The van der Waals surface area contributed by atoms with Crippen LogP contribution in [0.5, 0.6) is 0 Å². The molecule has 0 aromatic carbocycles. The van der Waals surface area contributed by atoms with Gasteiger partial charge in [0, 0.05) is 30.1 Å². The summed E-state index contributed by atoms with van der Waals surface area (Å²) in [4.78, 5) is 4.63. The first kappa shape index (κ1) is 12.7. The number of hydrogen-bond donors (Lipinski definition) is 1. The van der Waals surface area contributed by atoms with Gasteiger partial charge in [-0.1, -0.05) is 5.16 Å². The van der Waals surface area contributed by atoms with E-state index in [0.717, 1.165) is 33.6 Å². The van der Waals surface area contributed by atoms with Crippen molar-refractivity contribution in [1.29, 1.82) is 0 Å². The predicted octanol–water partition coefficient (Wildman–Crippen LogP) is 2.03. The molecule has 0 amide bonds. The fraction of sp³-hybridized carbons (Fsp3) is 0.214. The zero-order valence-electron chi connectivity index (χ0n) is 12.3. The first-order valence-electron chi connectivity index (χ1n) is 6.78. The van der Waals surface area contributed by atoms with Gasteiger partial charge in [0.05, 0.1) is 17.3 Å². The van der Waals surface area contributed by atoms with Gasteiger partial charge in [-0.2, -0.15) is 10.2 Å². The smallest absolute Gasteiger partial charge is 0.182 e. The van der Waals surface area contributed by atoms with Gasteiger partial charge in [-0.3, -0.25) is 9.78 Å². The Bertz CT molecular complexity index is 965. The lowest BCUT2D eigenvalue weighted by atomic mass is 10.0. The van der Waals surface area contributed by atoms with Gasteiger partial charge < -0.3 is 0 Å². The molecule has 4 heterocycles. The van der Waals surface area contributed by atoms with E-state index >= 15 is 0 Å². The minimum atomic E-state index is 0.663. The largest absolute Gasteiger partial charge is 0.285 e. The predicted molar refractivity (Wildman–Crippen MR) is 78.9 cm³/mol. The second-order valence-electron chi connectivity index (χ2n) is 5.15. The highest BCUT2D eigenvalue weighted by molar-refractivity contribution is 5.96. The molecule has 0 bridgehead atoms. The Kier molecular flexibility index (Phi) is 2.59. The first-order chi connectivity index (χ1) is 10.6. The van der Waals surface area contributed by atoms with Crippen molar-refractivity contribution in [2.24, 2.45) is 7.05 Å². The SMILES string of the molecule is Cc1nonc1-c1cc(-c2cn[nH]c2)nc2nn(C)c(C)c12. The van der Waals surface area contributed by atoms with E-state index in [1.54, 1.807) is 12.4 Å². The molecule has 0 saturated heterocycles. The van der Waals surface area contributed by atoms with Crippen LogP contribution in [0.2, 0.25) is 0 Å². The van der Waals surface area contributed by atoms with Crippen molar-refractivity contribution in [3.8, 4) is 22.5 Å². The molecule has 0 aliphatic heterocycles. The molecule has 8 heteroatoms. The normalized spacial score (nSPS) is 11.4. The van der Waals surface area contributed by atoms with E-state index in [0.29, 0.717) is 11.3 Å². The van der Waals surface area contributed by atoms with Gasteiger partial charge in [0.1, 0.15) is 11.4 Å². The number of H-pyrrole nitrogens is 1. The summed E-state index contributed by atoms with van der Waals surface area (Å²) in [5.41, 5.74) is 5.68. The highest BCUT2D eigenvalue weighted by Gasteiger charge is 2.19. The van der Waals surface area contributed by atoms with Crippen molar-refractivity contribution in [2.45, 2.75) is 13.8 Å². The third-order valence-electron chi connectivity index (χ3n) is 3.79. The molecule has 0 aliphatic rings. The van der Waals surface area contributed by atoms with Gasteiger partial charge in [0.25, 0.3) is 0 Å². The zero-order valence-corrected chi connectivity index (χ0v) is 12.3. The zero-order chi connectivity index (χ0) is 15.3. The average Bonchev–Trinajstić information content (AvgIpc) is 3.21. The van der Waals surface area contributed by atoms with E-state index in [4.69, 9.17) is 4.63 Å². The number of nitrogens with zero attached hydrogens (tertiary/aromatic N) is 6. The Labute approximate surface area is 125 Å². The number of nitrogens with one attached hydrogen (secondary N) is 1. The van der Waals surface area contributed by atoms with E-state index in [-0.39, 0.29) is 0 Å². The van der Waals surface area contributed by atoms with E-state index < -0.39 is 0 Å². The van der Waals surface area contributed by atoms with Crippen LogP contribution in [-0.4, -0.2) is 35.3 Å². The number of aromatic amines is 1. The summed E-state index contributed by atoms with van der Waals surface area (Å²) < 4.78 is 6.67. The van der Waals surface area contributed by atoms with Crippen molar-refractivity contribution in [2.75, 3.05) is 0 Å². The molecular formula is C14H13N7O. The number of aryl methyl sites for hydroxylation is 3. The molecule has 4 aromatic heterocycles. The van der Waals surface area contributed by atoms with Crippen molar-refractivity contribution in [3.63, 3.8) is 0 Å². The fourth-order valence-corrected chi connectivity index (χ4v) is 2.54. The van der Waals surface area contributed by atoms with Crippen LogP contribution in [0.4, 0.5) is 0 Å². The average molecular weight is 295 g/mol. The third kappa shape index (κ3) is 1.73. The standard InChI is InChI=1S/C14H13N7O/c1-7-13(20-22-19-7)10-4-11(9-5-15-16-6-9)17-14-12(10)8(2)21(3)18-14/h4-6H,1-3H3,(H,15,16). The highest BCUT2D eigenvalue weighted by atomic mass is 16.6. The summed E-state index contributed by atoms with van der Waals surface area (Å²) in [7, 11) is 1.90. The molecule has 0 aliphatic carbocycles. The van der Waals surface area contributed by atoms with Crippen LogP contribution in [-0.2, 0) is 7.05 Å². The topological polar surface area (TPSA) is 98.3 Å². The molecule has 22 heavy (non-hydrogen) atoms. The van der Waals surface area contributed by atoms with Gasteiger partial charge in [-0.15, -0.1) is 0 Å². The van der Waals surface area contributed by atoms with E-state index in [2.05, 4.69) is 30.6 Å². The van der Waals surface area contributed by atoms with E-state index in [9.17, 15) is 0 Å². The van der Waals surface area contributed by atoms with Crippen LogP contribution < -0.4 is 0 Å². The van der Waals surface area contributed by atoms with Crippen LogP contribution >= 0.6 is 0 Å². The number of hydrogen-bond acceptors (Lipinski definition) is 6. The Morgan fingerprint density at radius 3 is 2.77 bits per heavy atom. The lowest BCUT2D eigenvalue weighted by Crippen LogP contribution is -1.92. The summed E-state index contributed by atoms with van der Waals surface area (Å²) in [6.07, 6.45) is 3.52. The maximum atomic E-state index is 4.86. The highest BCUT2D eigenvalue weighted by Crippen LogP contribution is 2.33. The summed E-state index contributed by atoms with van der Waals surface area (Å²) in [6, 6.07) is 1.97. The summed E-state index contributed by atoms with van der Waals surface area (Å²) >= 11 is 0. The molecule has 0 spiro atoms. The molecule has 4 rings (SSSR count). The summed E-state index contributed by atoms with van der Waals surface area (Å²) in [6.45, 7) is 3.86. The molecule has 8 nitrogen and oxygen atoms in total. The van der Waals surface area contributed by atoms with E-state index in [1.807, 2.05) is 31.6 Å². The lowest BCUT2D eigenvalue weighted by Gasteiger charge is -2.04. The van der Waals surface area contributed by atoms with Crippen LogP contribution in [0, 0.1) is 13.8 Å². The lowest BCUT2D eigenvalue weighted by molar-refractivity contribution is 0.306. The Morgan fingerprint density at radius 1 is 1.23 bits per heavy atom. The number of fused-ring (bicyclic) bond motifs is 1. The molecule has 110 valence electrons. The minimum Gasteiger partial charge on any atom is -0.285 e. The summed E-state index contributed by atoms with van der Waals surface area (Å²) in [5.74, 6) is 0. The summed E-state index contributed by atoms with van der Waals surface area (Å²) in [5, 5.41) is 20.1. The van der Waals surface area contributed by atoms with Crippen LogP contribution in [0.3, 0.4) is 0 Å². The number of pyridine rings is 1. The maximum absolute atomic E-state index is 4.86. The molecule has 0 unspecified atom stereocenters. The van der Waals surface area contributed by atoms with Gasteiger partial charge >= 0.3 is 0 Å². The monoisotopic (exact) mass is 295 g/mol. The van der Waals surface area contributed by atoms with Gasteiger partial charge in [0.15, 0.2) is 5.65 Å². The Balaban J connectivity index is 2.10. The number of rotatable bonds is 2. The van der Waals surface area contributed by atoms with Gasteiger partial charge in [-0.05, 0) is 25.1 Å². The molecule has 0 atom stereocenters. The van der Waals surface area contributed by atoms with Crippen LogP contribution in [0.1, 0.15) is 11.4 Å². The van der Waals surface area contributed by atoms with E-state index in [1.165, 1.54) is 0 Å². The second-order valence-corrected chi connectivity index (χ2v) is 5.15. The van der Waals surface area contributed by atoms with Crippen LogP contribution in [0.15, 0.2) is 23.1 Å². The molecule has 0 fully saturated rings. The minimum absolute atomic E-state index is 0.663. The molecule has 1 N–H and O–H groups in total. The number of aromatic nitrogens is 7. The van der Waals surface area contributed by atoms with Crippen molar-refractivity contribution in [3.05, 3.63) is 29.8 Å². The van der Waals surface area contributed by atoms with Crippen molar-refractivity contribution in [1.82, 2.24) is 35.3 Å². The quantitative estimate of drug-likeness (QED) is 0.607. The van der Waals surface area contributed by atoms with Crippen LogP contribution in [0.25, 0.3) is 33.5 Å².